The number of nitrogens with one attached hydrogen (secondary N) is 1. The summed E-state index contributed by atoms with van der Waals surface area (Å²) in [5.41, 5.74) is 0.852. The lowest BCUT2D eigenvalue weighted by Gasteiger charge is -2.31. The van der Waals surface area contributed by atoms with E-state index in [1.807, 2.05) is 6.07 Å². The van der Waals surface area contributed by atoms with E-state index in [4.69, 9.17) is 14.2 Å². The van der Waals surface area contributed by atoms with Crippen LogP contribution in [0, 0.1) is 0 Å². The second-order valence-corrected chi connectivity index (χ2v) is 6.06. The number of benzene rings is 1. The van der Waals surface area contributed by atoms with Gasteiger partial charge in [-0.15, -0.1) is 0 Å². The summed E-state index contributed by atoms with van der Waals surface area (Å²) in [6, 6.07) is 5.50. The van der Waals surface area contributed by atoms with Crippen molar-refractivity contribution >= 4 is 12.0 Å². The normalized spacial score (nSPS) is 14.5. The molecule has 1 aliphatic heterocycles. The van der Waals surface area contributed by atoms with Crippen molar-refractivity contribution in [1.82, 2.24) is 10.2 Å². The van der Waals surface area contributed by atoms with Gasteiger partial charge in [-0.2, -0.15) is 0 Å². The van der Waals surface area contributed by atoms with Gasteiger partial charge in [0.2, 0.25) is 5.91 Å². The zero-order chi connectivity index (χ0) is 18.9. The lowest BCUT2D eigenvalue weighted by molar-refractivity contribution is -0.121. The standard InChI is InChI=1S/C19H26N2O5/c1-4-11-26-19(23)21-9-7-15(8-10-21)20-18(22)13-14-5-6-16(24-2)17(12-14)25-3/h4-6,12,15H,1,7-11,13H2,2-3H3,(H,20,22). The Bertz CT molecular complexity index is 639. The molecule has 7 heteroatoms. The molecule has 1 heterocycles. The smallest absolute Gasteiger partial charge is 0.410 e. The Labute approximate surface area is 153 Å². The number of likely N-dealkylation sites (tertiary alicyclic amines) is 1. The maximum Gasteiger partial charge on any atom is 0.410 e. The first kappa shape index (κ1) is 19.6. The Balaban J connectivity index is 1.80. The van der Waals surface area contributed by atoms with Crippen molar-refractivity contribution in [3.63, 3.8) is 0 Å². The molecule has 2 amide bonds. The first-order valence-electron chi connectivity index (χ1n) is 8.60. The predicted octanol–water partition coefficient (Wildman–Crippen LogP) is 2.15. The van der Waals surface area contributed by atoms with Gasteiger partial charge < -0.3 is 24.4 Å². The minimum atomic E-state index is -0.333. The lowest BCUT2D eigenvalue weighted by atomic mass is 10.0. The Morgan fingerprint density at radius 1 is 1.23 bits per heavy atom. The molecule has 26 heavy (non-hydrogen) atoms. The van der Waals surface area contributed by atoms with Crippen LogP contribution in [0.1, 0.15) is 18.4 Å². The van der Waals surface area contributed by atoms with Crippen LogP contribution in [-0.4, -0.2) is 56.9 Å². The zero-order valence-electron chi connectivity index (χ0n) is 15.3. The van der Waals surface area contributed by atoms with Crippen molar-refractivity contribution in [2.45, 2.75) is 25.3 Å². The number of piperidine rings is 1. The molecule has 0 bridgehead atoms. The number of carbonyl (C=O) groups excluding carboxylic acids is 2. The van der Waals surface area contributed by atoms with E-state index in [0.29, 0.717) is 37.4 Å². The van der Waals surface area contributed by atoms with Crippen LogP contribution < -0.4 is 14.8 Å². The average molecular weight is 362 g/mol. The fourth-order valence-electron chi connectivity index (χ4n) is 2.88. The minimum absolute atomic E-state index is 0.0510. The zero-order valence-corrected chi connectivity index (χ0v) is 15.3. The topological polar surface area (TPSA) is 77.1 Å². The third-order valence-electron chi connectivity index (χ3n) is 4.26. The highest BCUT2D eigenvalue weighted by molar-refractivity contribution is 5.79. The van der Waals surface area contributed by atoms with Gasteiger partial charge in [-0.3, -0.25) is 4.79 Å². The molecular formula is C19H26N2O5. The molecular weight excluding hydrogens is 336 g/mol. The Hall–Kier alpha value is -2.70. The highest BCUT2D eigenvalue weighted by Crippen LogP contribution is 2.27. The van der Waals surface area contributed by atoms with E-state index < -0.39 is 0 Å². The monoisotopic (exact) mass is 362 g/mol. The van der Waals surface area contributed by atoms with Gasteiger partial charge in [0, 0.05) is 19.1 Å². The van der Waals surface area contributed by atoms with Crippen molar-refractivity contribution in [2.24, 2.45) is 0 Å². The highest BCUT2D eigenvalue weighted by atomic mass is 16.6. The van der Waals surface area contributed by atoms with E-state index in [9.17, 15) is 9.59 Å². The third kappa shape index (κ3) is 5.40. The summed E-state index contributed by atoms with van der Waals surface area (Å²) in [4.78, 5) is 25.7. The molecule has 1 aliphatic rings. The van der Waals surface area contributed by atoms with Crippen LogP contribution in [-0.2, 0) is 16.0 Å². The Kier molecular flexibility index (Phi) is 7.32. The number of amides is 2. The molecule has 142 valence electrons. The van der Waals surface area contributed by atoms with E-state index in [2.05, 4.69) is 11.9 Å². The predicted molar refractivity (Wildman–Crippen MR) is 97.5 cm³/mol. The van der Waals surface area contributed by atoms with Crippen LogP contribution in [0.2, 0.25) is 0 Å². The summed E-state index contributed by atoms with van der Waals surface area (Å²) in [5.74, 6) is 1.18. The van der Waals surface area contributed by atoms with E-state index in [1.54, 1.807) is 37.3 Å². The van der Waals surface area contributed by atoms with E-state index in [1.165, 1.54) is 0 Å². The molecule has 0 radical (unpaired) electrons. The Morgan fingerprint density at radius 3 is 2.54 bits per heavy atom. The summed E-state index contributed by atoms with van der Waals surface area (Å²) in [5, 5.41) is 3.03. The fourth-order valence-corrected chi connectivity index (χ4v) is 2.88. The number of rotatable bonds is 7. The quantitative estimate of drug-likeness (QED) is 0.752. The highest BCUT2D eigenvalue weighted by Gasteiger charge is 2.24. The third-order valence-corrected chi connectivity index (χ3v) is 4.26. The van der Waals surface area contributed by atoms with Crippen LogP contribution in [0.15, 0.2) is 30.9 Å². The summed E-state index contributed by atoms with van der Waals surface area (Å²) in [6.07, 6.45) is 2.89. The number of hydrogen-bond acceptors (Lipinski definition) is 5. The summed E-state index contributed by atoms with van der Waals surface area (Å²) < 4.78 is 15.5. The van der Waals surface area contributed by atoms with Gasteiger partial charge in [-0.1, -0.05) is 18.7 Å². The minimum Gasteiger partial charge on any atom is -0.493 e. The number of carbonyl (C=O) groups is 2. The molecule has 1 aromatic carbocycles. The number of hydrogen-bond donors (Lipinski definition) is 1. The number of nitrogens with zero attached hydrogens (tertiary/aromatic N) is 1. The first-order chi connectivity index (χ1) is 12.6. The van der Waals surface area contributed by atoms with Crippen molar-refractivity contribution < 1.29 is 23.8 Å². The van der Waals surface area contributed by atoms with Crippen molar-refractivity contribution in [3.8, 4) is 11.5 Å². The second-order valence-electron chi connectivity index (χ2n) is 6.06. The molecule has 1 aromatic rings. The van der Waals surface area contributed by atoms with Crippen LogP contribution in [0.25, 0.3) is 0 Å². The molecule has 1 N–H and O–H groups in total. The fraction of sp³-hybridized carbons (Fsp3) is 0.474. The van der Waals surface area contributed by atoms with Gasteiger partial charge in [0.15, 0.2) is 11.5 Å². The van der Waals surface area contributed by atoms with E-state index in [0.717, 1.165) is 5.56 Å². The Morgan fingerprint density at radius 2 is 1.92 bits per heavy atom. The van der Waals surface area contributed by atoms with Crippen molar-refractivity contribution in [1.29, 1.82) is 0 Å². The summed E-state index contributed by atoms with van der Waals surface area (Å²) in [6.45, 7) is 4.86. The van der Waals surface area contributed by atoms with Gasteiger partial charge in [0.05, 0.1) is 20.6 Å². The van der Waals surface area contributed by atoms with Crippen LogP contribution in [0.4, 0.5) is 4.79 Å². The molecule has 7 nitrogen and oxygen atoms in total. The van der Waals surface area contributed by atoms with Crippen molar-refractivity contribution in [3.05, 3.63) is 36.4 Å². The van der Waals surface area contributed by atoms with Crippen LogP contribution >= 0.6 is 0 Å². The first-order valence-corrected chi connectivity index (χ1v) is 8.60. The van der Waals surface area contributed by atoms with Crippen molar-refractivity contribution in [2.75, 3.05) is 33.9 Å². The molecule has 0 saturated carbocycles. The van der Waals surface area contributed by atoms with Crippen LogP contribution in [0.5, 0.6) is 11.5 Å². The molecule has 0 aromatic heterocycles. The number of methoxy groups -OCH3 is 2. The average Bonchev–Trinajstić information content (AvgIpc) is 2.66. The SMILES string of the molecule is C=CCOC(=O)N1CCC(NC(=O)Cc2ccc(OC)c(OC)c2)CC1. The van der Waals surface area contributed by atoms with Gasteiger partial charge >= 0.3 is 6.09 Å². The summed E-state index contributed by atoms with van der Waals surface area (Å²) in [7, 11) is 3.14. The van der Waals surface area contributed by atoms with Gasteiger partial charge in [-0.05, 0) is 30.5 Å². The van der Waals surface area contributed by atoms with Gasteiger partial charge in [-0.25, -0.2) is 4.79 Å². The van der Waals surface area contributed by atoms with Crippen LogP contribution in [0.3, 0.4) is 0 Å². The largest absolute Gasteiger partial charge is 0.493 e. The van der Waals surface area contributed by atoms with E-state index >= 15 is 0 Å². The lowest BCUT2D eigenvalue weighted by Crippen LogP contribution is -2.47. The molecule has 0 atom stereocenters. The molecule has 0 unspecified atom stereocenters. The molecule has 0 spiro atoms. The maximum atomic E-state index is 12.3. The molecule has 1 fully saturated rings. The molecule has 2 rings (SSSR count). The number of ether oxygens (including phenoxy) is 3. The summed E-state index contributed by atoms with van der Waals surface area (Å²) >= 11 is 0. The molecule has 1 saturated heterocycles. The van der Waals surface area contributed by atoms with Gasteiger partial charge in [0.25, 0.3) is 0 Å². The maximum absolute atomic E-state index is 12.3. The van der Waals surface area contributed by atoms with Gasteiger partial charge in [0.1, 0.15) is 6.61 Å². The van der Waals surface area contributed by atoms with E-state index in [-0.39, 0.29) is 31.1 Å². The second kappa shape index (κ2) is 9.70. The molecule has 0 aliphatic carbocycles.